The van der Waals surface area contributed by atoms with Crippen molar-refractivity contribution in [3.63, 3.8) is 0 Å². The molecule has 3 N–H and O–H groups in total. The van der Waals surface area contributed by atoms with Crippen molar-refractivity contribution in [1.82, 2.24) is 4.90 Å². The molecule has 0 aromatic heterocycles. The SMILES string of the molecule is COc1ccc(NC(=O)N(C)C(C)(C)CO)c(C(=O)O)c1. The smallest absolute Gasteiger partial charge is 0.337 e. The topological polar surface area (TPSA) is 99.1 Å². The van der Waals surface area contributed by atoms with Gasteiger partial charge in [0, 0.05) is 7.05 Å². The first-order chi connectivity index (χ1) is 9.72. The number of likely N-dealkylation sites (N-methyl/N-ethyl adjacent to an activating group) is 1. The maximum Gasteiger partial charge on any atom is 0.337 e. The molecule has 0 radical (unpaired) electrons. The summed E-state index contributed by atoms with van der Waals surface area (Å²) >= 11 is 0. The monoisotopic (exact) mass is 296 g/mol. The van der Waals surface area contributed by atoms with E-state index >= 15 is 0 Å². The van der Waals surface area contributed by atoms with Gasteiger partial charge in [0.15, 0.2) is 0 Å². The lowest BCUT2D eigenvalue weighted by atomic mass is 10.1. The van der Waals surface area contributed by atoms with Crippen molar-refractivity contribution in [3.8, 4) is 5.75 Å². The van der Waals surface area contributed by atoms with Crippen LogP contribution in [0.25, 0.3) is 0 Å². The predicted molar refractivity (Wildman–Crippen MR) is 77.9 cm³/mol. The molecule has 0 spiro atoms. The van der Waals surface area contributed by atoms with Crippen molar-refractivity contribution in [2.75, 3.05) is 26.1 Å². The van der Waals surface area contributed by atoms with Crippen LogP contribution in [0.4, 0.5) is 10.5 Å². The maximum absolute atomic E-state index is 12.1. The first-order valence-electron chi connectivity index (χ1n) is 6.30. The van der Waals surface area contributed by atoms with Gasteiger partial charge in [-0.2, -0.15) is 0 Å². The third kappa shape index (κ3) is 3.85. The number of anilines is 1. The van der Waals surface area contributed by atoms with Crippen LogP contribution in [0.2, 0.25) is 0 Å². The van der Waals surface area contributed by atoms with E-state index in [1.165, 1.54) is 31.2 Å². The molecule has 1 rings (SSSR count). The Morgan fingerprint density at radius 3 is 2.48 bits per heavy atom. The van der Waals surface area contributed by atoms with Crippen LogP contribution in [0.1, 0.15) is 24.2 Å². The van der Waals surface area contributed by atoms with E-state index in [9.17, 15) is 19.8 Å². The summed E-state index contributed by atoms with van der Waals surface area (Å²) in [5.41, 5.74) is -0.674. The number of nitrogens with one attached hydrogen (secondary N) is 1. The van der Waals surface area contributed by atoms with Gasteiger partial charge in [-0.05, 0) is 32.0 Å². The molecule has 1 aromatic carbocycles. The summed E-state index contributed by atoms with van der Waals surface area (Å²) in [5.74, 6) is -0.789. The number of carbonyl (C=O) groups is 2. The van der Waals surface area contributed by atoms with E-state index in [-0.39, 0.29) is 17.9 Å². The molecule has 1 aromatic rings. The van der Waals surface area contributed by atoms with Crippen molar-refractivity contribution >= 4 is 17.7 Å². The van der Waals surface area contributed by atoms with Gasteiger partial charge in [-0.3, -0.25) is 0 Å². The van der Waals surface area contributed by atoms with Crippen molar-refractivity contribution in [1.29, 1.82) is 0 Å². The summed E-state index contributed by atoms with van der Waals surface area (Å²) in [6, 6.07) is 3.83. The summed E-state index contributed by atoms with van der Waals surface area (Å²) < 4.78 is 4.96. The molecule has 0 aliphatic carbocycles. The molecule has 7 heteroatoms. The quantitative estimate of drug-likeness (QED) is 0.767. The second-order valence-corrected chi connectivity index (χ2v) is 5.18. The fourth-order valence-corrected chi connectivity index (χ4v) is 1.52. The Balaban J connectivity index is 3.03. The van der Waals surface area contributed by atoms with E-state index in [1.54, 1.807) is 19.9 Å². The lowest BCUT2D eigenvalue weighted by Gasteiger charge is -2.33. The number of aliphatic hydroxyl groups excluding tert-OH is 1. The molecule has 0 saturated heterocycles. The van der Waals surface area contributed by atoms with Gasteiger partial charge in [-0.25, -0.2) is 9.59 Å². The average Bonchev–Trinajstić information content (AvgIpc) is 2.46. The molecule has 116 valence electrons. The van der Waals surface area contributed by atoms with Crippen molar-refractivity contribution in [2.45, 2.75) is 19.4 Å². The number of aliphatic hydroxyl groups is 1. The number of amides is 2. The van der Waals surface area contributed by atoms with Crippen LogP contribution >= 0.6 is 0 Å². The largest absolute Gasteiger partial charge is 0.497 e. The minimum Gasteiger partial charge on any atom is -0.497 e. The summed E-state index contributed by atoms with van der Waals surface area (Å²) in [6.45, 7) is 3.17. The van der Waals surface area contributed by atoms with Gasteiger partial charge in [0.25, 0.3) is 0 Å². The molecule has 21 heavy (non-hydrogen) atoms. The molecular weight excluding hydrogens is 276 g/mol. The Kier molecular flexibility index (Phi) is 5.15. The second kappa shape index (κ2) is 6.45. The van der Waals surface area contributed by atoms with Crippen LogP contribution in [0.5, 0.6) is 5.75 Å². The highest BCUT2D eigenvalue weighted by atomic mass is 16.5. The average molecular weight is 296 g/mol. The van der Waals surface area contributed by atoms with Gasteiger partial charge >= 0.3 is 12.0 Å². The van der Waals surface area contributed by atoms with E-state index in [2.05, 4.69) is 5.32 Å². The fourth-order valence-electron chi connectivity index (χ4n) is 1.52. The van der Waals surface area contributed by atoms with E-state index in [0.717, 1.165) is 0 Å². The summed E-state index contributed by atoms with van der Waals surface area (Å²) in [7, 11) is 2.95. The Morgan fingerprint density at radius 2 is 2.00 bits per heavy atom. The van der Waals surface area contributed by atoms with Crippen LogP contribution in [-0.2, 0) is 0 Å². The van der Waals surface area contributed by atoms with Crippen LogP contribution < -0.4 is 10.1 Å². The number of ether oxygens (including phenoxy) is 1. The first-order valence-corrected chi connectivity index (χ1v) is 6.30. The Bertz CT molecular complexity index is 542. The van der Waals surface area contributed by atoms with Gasteiger partial charge in [0.1, 0.15) is 5.75 Å². The Labute approximate surface area is 123 Å². The molecule has 0 saturated carbocycles. The first kappa shape index (κ1) is 16.8. The molecule has 0 aliphatic heterocycles. The third-order valence-corrected chi connectivity index (χ3v) is 3.30. The molecule has 0 fully saturated rings. The normalized spacial score (nSPS) is 10.9. The molecule has 0 aliphatic rings. The molecule has 0 bridgehead atoms. The highest BCUT2D eigenvalue weighted by Gasteiger charge is 2.27. The van der Waals surface area contributed by atoms with Crippen LogP contribution in [-0.4, -0.2) is 53.4 Å². The summed E-state index contributed by atoms with van der Waals surface area (Å²) in [4.78, 5) is 24.7. The minimum atomic E-state index is -1.17. The fraction of sp³-hybridized carbons (Fsp3) is 0.429. The molecule has 0 atom stereocenters. The summed E-state index contributed by atoms with van der Waals surface area (Å²) in [6.07, 6.45) is 0. The van der Waals surface area contributed by atoms with E-state index in [0.29, 0.717) is 5.75 Å². The number of rotatable bonds is 5. The van der Waals surface area contributed by atoms with Crippen LogP contribution in [0.15, 0.2) is 18.2 Å². The standard InChI is InChI=1S/C14H20N2O5/c1-14(2,8-17)16(3)13(20)15-11-6-5-9(21-4)7-10(11)12(18)19/h5-7,17H,8H2,1-4H3,(H,15,20)(H,18,19). The molecule has 0 unspecified atom stereocenters. The number of carboxylic acids is 1. The lowest BCUT2D eigenvalue weighted by molar-refractivity contribution is 0.0697. The number of carbonyl (C=O) groups excluding carboxylic acids is 1. The van der Waals surface area contributed by atoms with Gasteiger partial charge in [-0.15, -0.1) is 0 Å². The van der Waals surface area contributed by atoms with Crippen molar-refractivity contribution in [3.05, 3.63) is 23.8 Å². The number of nitrogens with zero attached hydrogens (tertiary/aromatic N) is 1. The van der Waals surface area contributed by atoms with Gasteiger partial charge in [0.2, 0.25) is 0 Å². The predicted octanol–water partition coefficient (Wildman–Crippen LogP) is 1.63. The number of carboxylic acid groups (broad SMARTS) is 1. The van der Waals surface area contributed by atoms with Gasteiger partial charge < -0.3 is 25.2 Å². The third-order valence-electron chi connectivity index (χ3n) is 3.30. The molecule has 7 nitrogen and oxygen atoms in total. The number of benzene rings is 1. The number of hydrogen-bond donors (Lipinski definition) is 3. The van der Waals surface area contributed by atoms with E-state index in [4.69, 9.17) is 4.74 Å². The molecule has 0 heterocycles. The number of urea groups is 1. The zero-order valence-electron chi connectivity index (χ0n) is 12.5. The van der Waals surface area contributed by atoms with Gasteiger partial charge in [0.05, 0.1) is 30.5 Å². The van der Waals surface area contributed by atoms with Gasteiger partial charge in [-0.1, -0.05) is 0 Å². The second-order valence-electron chi connectivity index (χ2n) is 5.18. The van der Waals surface area contributed by atoms with Crippen LogP contribution in [0, 0.1) is 0 Å². The van der Waals surface area contributed by atoms with Crippen LogP contribution in [0.3, 0.4) is 0 Å². The maximum atomic E-state index is 12.1. The van der Waals surface area contributed by atoms with Crippen molar-refractivity contribution in [2.24, 2.45) is 0 Å². The zero-order valence-corrected chi connectivity index (χ0v) is 12.5. The highest BCUT2D eigenvalue weighted by molar-refractivity contribution is 6.00. The highest BCUT2D eigenvalue weighted by Crippen LogP contribution is 2.23. The summed E-state index contributed by atoms with van der Waals surface area (Å²) in [5, 5.41) is 21.0. The molecular formula is C14H20N2O5. The van der Waals surface area contributed by atoms with Crippen molar-refractivity contribution < 1.29 is 24.5 Å². The van der Waals surface area contributed by atoms with E-state index in [1.807, 2.05) is 0 Å². The van der Waals surface area contributed by atoms with E-state index < -0.39 is 17.5 Å². The lowest BCUT2D eigenvalue weighted by Crippen LogP contribution is -2.49. The molecule has 2 amide bonds. The zero-order chi connectivity index (χ0) is 16.2. The minimum absolute atomic E-state index is 0.0714. The number of hydrogen-bond acceptors (Lipinski definition) is 4. The Morgan fingerprint density at radius 1 is 1.38 bits per heavy atom. The number of aromatic carboxylic acids is 1. The Hall–Kier alpha value is -2.28. The number of methoxy groups -OCH3 is 1.